The minimum Gasteiger partial charge on any atom is -0.352 e. The maximum atomic E-state index is 13.6. The minimum absolute atomic E-state index is 0.231. The Bertz CT molecular complexity index is 910. The zero-order valence-electron chi connectivity index (χ0n) is 16.0. The smallest absolute Gasteiger partial charge is 0.242 e. The average Bonchev–Trinajstić information content (AvgIpc) is 2.65. The molecule has 0 atom stereocenters. The van der Waals surface area contributed by atoms with Crippen molar-refractivity contribution in [3.63, 3.8) is 0 Å². The van der Waals surface area contributed by atoms with Crippen LogP contribution in [0.2, 0.25) is 0 Å². The normalized spacial score (nSPS) is 12.3. The van der Waals surface area contributed by atoms with Crippen molar-refractivity contribution >= 4 is 16.0 Å². The first-order valence-electron chi connectivity index (χ1n) is 8.45. The lowest BCUT2D eigenvalue weighted by Gasteiger charge is -2.14. The molecule has 2 rings (SSSR count). The first-order chi connectivity index (χ1) is 12.7. The molecule has 0 radical (unpaired) electrons. The molecular weight excluding hydrogens is 367 g/mol. The van der Waals surface area contributed by atoms with E-state index in [1.165, 1.54) is 24.5 Å². The number of hydrogen-bond donors (Lipinski definition) is 2. The van der Waals surface area contributed by atoms with E-state index < -0.39 is 10.0 Å². The standard InChI is InChI=1S/C19H25FN4O2S/c1-14-5-6-16(11-18(14)20)13-23-19(21-2)22-12-15-7-9-17(10-8-15)27(25,26)24(3)4/h5-11H,12-13H2,1-4H3,(H2,21,22,23). The maximum Gasteiger partial charge on any atom is 0.242 e. The summed E-state index contributed by atoms with van der Waals surface area (Å²) in [5, 5.41) is 6.27. The van der Waals surface area contributed by atoms with Crippen molar-refractivity contribution in [1.29, 1.82) is 0 Å². The first-order valence-corrected chi connectivity index (χ1v) is 9.89. The van der Waals surface area contributed by atoms with Crippen LogP contribution in [0.3, 0.4) is 0 Å². The second-order valence-corrected chi connectivity index (χ2v) is 8.45. The summed E-state index contributed by atoms with van der Waals surface area (Å²) in [6.45, 7) is 2.64. The third kappa shape index (κ3) is 5.51. The SMILES string of the molecule is CN=C(NCc1ccc(S(=O)(=O)N(C)C)cc1)NCc1ccc(C)c(F)c1. The van der Waals surface area contributed by atoms with Crippen molar-refractivity contribution in [3.8, 4) is 0 Å². The molecule has 0 unspecified atom stereocenters. The number of aliphatic imine (C=N–C) groups is 1. The number of nitrogens with zero attached hydrogens (tertiary/aromatic N) is 2. The van der Waals surface area contributed by atoms with Gasteiger partial charge in [-0.1, -0.05) is 24.3 Å². The van der Waals surface area contributed by atoms with E-state index in [2.05, 4.69) is 15.6 Å². The van der Waals surface area contributed by atoms with Crippen LogP contribution >= 0.6 is 0 Å². The van der Waals surface area contributed by atoms with Gasteiger partial charge in [-0.3, -0.25) is 4.99 Å². The third-order valence-corrected chi connectivity index (χ3v) is 5.91. The predicted molar refractivity (Wildman–Crippen MR) is 105 cm³/mol. The highest BCUT2D eigenvalue weighted by Gasteiger charge is 2.16. The molecule has 2 N–H and O–H groups in total. The Labute approximate surface area is 160 Å². The molecule has 0 aliphatic heterocycles. The Morgan fingerprint density at radius 2 is 1.59 bits per heavy atom. The second-order valence-electron chi connectivity index (χ2n) is 6.29. The van der Waals surface area contributed by atoms with Crippen LogP contribution in [0, 0.1) is 12.7 Å². The summed E-state index contributed by atoms with van der Waals surface area (Å²) in [5.41, 5.74) is 2.34. The molecule has 0 aliphatic carbocycles. The van der Waals surface area contributed by atoms with Crippen LogP contribution in [0.4, 0.5) is 4.39 Å². The summed E-state index contributed by atoms with van der Waals surface area (Å²) in [4.78, 5) is 4.39. The molecule has 0 aromatic heterocycles. The topological polar surface area (TPSA) is 73.8 Å². The molecule has 0 saturated carbocycles. The molecule has 0 aliphatic rings. The third-order valence-electron chi connectivity index (χ3n) is 4.08. The van der Waals surface area contributed by atoms with E-state index in [1.807, 2.05) is 6.07 Å². The molecule has 146 valence electrons. The van der Waals surface area contributed by atoms with Gasteiger partial charge in [0.25, 0.3) is 0 Å². The van der Waals surface area contributed by atoms with Crippen LogP contribution < -0.4 is 10.6 Å². The quantitative estimate of drug-likeness (QED) is 0.584. The van der Waals surface area contributed by atoms with Crippen molar-refractivity contribution < 1.29 is 12.8 Å². The number of rotatable bonds is 6. The summed E-state index contributed by atoms with van der Waals surface area (Å²) >= 11 is 0. The van der Waals surface area contributed by atoms with E-state index in [1.54, 1.807) is 44.3 Å². The monoisotopic (exact) mass is 392 g/mol. The van der Waals surface area contributed by atoms with E-state index in [4.69, 9.17) is 0 Å². The Hall–Kier alpha value is -2.45. The molecule has 0 heterocycles. The molecule has 0 saturated heterocycles. The van der Waals surface area contributed by atoms with Gasteiger partial charge < -0.3 is 10.6 Å². The summed E-state index contributed by atoms with van der Waals surface area (Å²) in [6, 6.07) is 11.8. The van der Waals surface area contributed by atoms with Crippen LogP contribution in [-0.2, 0) is 23.1 Å². The van der Waals surface area contributed by atoms with Crippen molar-refractivity contribution in [1.82, 2.24) is 14.9 Å². The van der Waals surface area contributed by atoms with Gasteiger partial charge in [0.15, 0.2) is 5.96 Å². The molecule has 8 heteroatoms. The van der Waals surface area contributed by atoms with E-state index in [-0.39, 0.29) is 10.7 Å². The van der Waals surface area contributed by atoms with E-state index in [0.29, 0.717) is 24.6 Å². The highest BCUT2D eigenvalue weighted by molar-refractivity contribution is 7.89. The summed E-state index contributed by atoms with van der Waals surface area (Å²) < 4.78 is 38.9. The van der Waals surface area contributed by atoms with Gasteiger partial charge >= 0.3 is 0 Å². The number of aryl methyl sites for hydroxylation is 1. The van der Waals surface area contributed by atoms with E-state index in [0.717, 1.165) is 11.1 Å². The van der Waals surface area contributed by atoms with Gasteiger partial charge in [-0.2, -0.15) is 0 Å². The molecule has 0 amide bonds. The van der Waals surface area contributed by atoms with Crippen LogP contribution in [0.5, 0.6) is 0 Å². The van der Waals surface area contributed by atoms with Gasteiger partial charge in [0.2, 0.25) is 10.0 Å². The molecule has 0 spiro atoms. The molecule has 6 nitrogen and oxygen atoms in total. The Morgan fingerprint density at radius 3 is 2.11 bits per heavy atom. The maximum absolute atomic E-state index is 13.6. The summed E-state index contributed by atoms with van der Waals surface area (Å²) in [5.74, 6) is 0.339. The first kappa shape index (κ1) is 20.9. The Balaban J connectivity index is 1.93. The van der Waals surface area contributed by atoms with Crippen molar-refractivity contribution in [2.75, 3.05) is 21.1 Å². The Morgan fingerprint density at radius 1 is 1.04 bits per heavy atom. The van der Waals surface area contributed by atoms with Crippen molar-refractivity contribution in [2.24, 2.45) is 4.99 Å². The van der Waals surface area contributed by atoms with E-state index >= 15 is 0 Å². The summed E-state index contributed by atoms with van der Waals surface area (Å²) in [6.07, 6.45) is 0. The van der Waals surface area contributed by atoms with Crippen LogP contribution in [0.15, 0.2) is 52.4 Å². The lowest BCUT2D eigenvalue weighted by atomic mass is 10.1. The van der Waals surface area contributed by atoms with Crippen molar-refractivity contribution in [3.05, 3.63) is 65.0 Å². The highest BCUT2D eigenvalue weighted by Crippen LogP contribution is 2.14. The van der Waals surface area contributed by atoms with Gasteiger partial charge in [0.1, 0.15) is 5.82 Å². The van der Waals surface area contributed by atoms with Gasteiger partial charge in [-0.05, 0) is 41.8 Å². The average molecular weight is 393 g/mol. The molecule has 27 heavy (non-hydrogen) atoms. The molecule has 2 aromatic carbocycles. The molecule has 0 fully saturated rings. The number of halogens is 1. The number of guanidine groups is 1. The fourth-order valence-electron chi connectivity index (χ4n) is 2.33. The predicted octanol–water partition coefficient (Wildman–Crippen LogP) is 2.25. The van der Waals surface area contributed by atoms with Gasteiger partial charge in [-0.25, -0.2) is 17.1 Å². The number of benzene rings is 2. The zero-order valence-corrected chi connectivity index (χ0v) is 16.8. The fraction of sp³-hybridized carbons (Fsp3) is 0.316. The molecule has 2 aromatic rings. The molecular formula is C19H25FN4O2S. The van der Waals surface area contributed by atoms with Crippen LogP contribution in [0.1, 0.15) is 16.7 Å². The van der Waals surface area contributed by atoms with Gasteiger partial charge in [0, 0.05) is 34.2 Å². The second kappa shape index (κ2) is 8.96. The number of nitrogens with one attached hydrogen (secondary N) is 2. The van der Waals surface area contributed by atoms with Crippen LogP contribution in [-0.4, -0.2) is 39.8 Å². The number of hydrogen-bond acceptors (Lipinski definition) is 3. The fourth-order valence-corrected chi connectivity index (χ4v) is 3.23. The zero-order chi connectivity index (χ0) is 20.0. The van der Waals surface area contributed by atoms with Gasteiger partial charge in [-0.15, -0.1) is 0 Å². The lowest BCUT2D eigenvalue weighted by molar-refractivity contribution is 0.520. The highest BCUT2D eigenvalue weighted by atomic mass is 32.2. The summed E-state index contributed by atoms with van der Waals surface area (Å²) in [7, 11) is 1.22. The van der Waals surface area contributed by atoms with Gasteiger partial charge in [0.05, 0.1) is 4.90 Å². The minimum atomic E-state index is -3.43. The molecule has 0 bridgehead atoms. The lowest BCUT2D eigenvalue weighted by Crippen LogP contribution is -2.36. The van der Waals surface area contributed by atoms with Crippen molar-refractivity contribution in [2.45, 2.75) is 24.9 Å². The van der Waals surface area contributed by atoms with E-state index in [9.17, 15) is 12.8 Å². The Kier molecular flexibility index (Phi) is 6.92. The number of sulfonamides is 1. The largest absolute Gasteiger partial charge is 0.352 e. The van der Waals surface area contributed by atoms with Crippen LogP contribution in [0.25, 0.3) is 0 Å².